The van der Waals surface area contributed by atoms with Gasteiger partial charge in [-0.1, -0.05) is 12.1 Å². The molecule has 3 atom stereocenters. The Morgan fingerprint density at radius 3 is 2.68 bits per heavy atom. The number of hydrogen-bond donors (Lipinski definition) is 1. The van der Waals surface area contributed by atoms with Crippen molar-refractivity contribution in [3.05, 3.63) is 53.5 Å². The molecule has 2 aromatic rings. The highest BCUT2D eigenvalue weighted by atomic mass is 19.4. The Bertz CT molecular complexity index is 1030. The summed E-state index contributed by atoms with van der Waals surface area (Å²) in [5.41, 5.74) is 0.572. The zero-order valence-corrected chi connectivity index (χ0v) is 19.0. The normalized spacial score (nSPS) is 24.1. The van der Waals surface area contributed by atoms with Gasteiger partial charge in [-0.2, -0.15) is 13.2 Å². The van der Waals surface area contributed by atoms with Gasteiger partial charge in [-0.15, -0.1) is 0 Å². The molecule has 1 aliphatic carbocycles. The molecule has 3 heterocycles. The Hall–Kier alpha value is -2.72. The van der Waals surface area contributed by atoms with E-state index in [2.05, 4.69) is 20.2 Å². The maximum atomic E-state index is 13.3. The fourth-order valence-corrected chi connectivity index (χ4v) is 4.94. The fraction of sp³-hybridized carbons (Fsp3) is 0.542. The van der Waals surface area contributed by atoms with Crippen molar-refractivity contribution in [3.8, 4) is 5.88 Å². The number of carbonyl (C=O) groups is 1. The molecular formula is C24H28F3N5O2. The van der Waals surface area contributed by atoms with Gasteiger partial charge in [-0.3, -0.25) is 14.7 Å². The van der Waals surface area contributed by atoms with E-state index >= 15 is 0 Å². The molecule has 2 aliphatic heterocycles. The van der Waals surface area contributed by atoms with Crippen LogP contribution in [-0.4, -0.2) is 71.0 Å². The summed E-state index contributed by atoms with van der Waals surface area (Å²) in [6.07, 6.45) is 2.09. The van der Waals surface area contributed by atoms with Crippen LogP contribution in [0.25, 0.3) is 0 Å². The highest BCUT2D eigenvalue weighted by Gasteiger charge is 2.40. The third-order valence-corrected chi connectivity index (χ3v) is 6.90. The number of alkyl halides is 3. The summed E-state index contributed by atoms with van der Waals surface area (Å²) in [6, 6.07) is 4.27. The van der Waals surface area contributed by atoms with Gasteiger partial charge in [0.15, 0.2) is 0 Å². The predicted molar refractivity (Wildman–Crippen MR) is 118 cm³/mol. The molecule has 10 heteroatoms. The van der Waals surface area contributed by atoms with Crippen molar-refractivity contribution >= 4 is 5.91 Å². The van der Waals surface area contributed by atoms with Gasteiger partial charge in [-0.25, -0.2) is 4.98 Å². The van der Waals surface area contributed by atoms with E-state index in [1.54, 1.807) is 30.4 Å². The van der Waals surface area contributed by atoms with Crippen molar-refractivity contribution in [1.82, 2.24) is 25.1 Å². The first-order valence-corrected chi connectivity index (χ1v) is 11.7. The van der Waals surface area contributed by atoms with Crippen molar-refractivity contribution in [1.29, 1.82) is 0 Å². The van der Waals surface area contributed by atoms with Gasteiger partial charge >= 0.3 is 6.18 Å². The second-order valence-electron chi connectivity index (χ2n) is 9.31. The minimum atomic E-state index is -4.45. The van der Waals surface area contributed by atoms with Gasteiger partial charge < -0.3 is 15.0 Å². The van der Waals surface area contributed by atoms with Crippen LogP contribution in [-0.2, 0) is 11.0 Å². The van der Waals surface area contributed by atoms with Gasteiger partial charge in [0.25, 0.3) is 0 Å². The van der Waals surface area contributed by atoms with Crippen molar-refractivity contribution in [3.63, 3.8) is 0 Å². The second-order valence-corrected chi connectivity index (χ2v) is 9.31. The number of fused-ring (bicyclic) bond motifs is 1. The van der Waals surface area contributed by atoms with Crippen LogP contribution in [0.4, 0.5) is 13.2 Å². The average molecular weight is 476 g/mol. The lowest BCUT2D eigenvalue weighted by Crippen LogP contribution is -2.54. The summed E-state index contributed by atoms with van der Waals surface area (Å²) in [5, 5.41) is 2.90. The minimum absolute atomic E-state index is 0.0373. The summed E-state index contributed by atoms with van der Waals surface area (Å²) >= 11 is 0. The number of hydrogen-bond acceptors (Lipinski definition) is 6. The van der Waals surface area contributed by atoms with E-state index in [0.29, 0.717) is 37.0 Å². The van der Waals surface area contributed by atoms with E-state index in [0.717, 1.165) is 30.8 Å². The topological polar surface area (TPSA) is 70.6 Å². The van der Waals surface area contributed by atoms with Crippen LogP contribution in [0.1, 0.15) is 48.0 Å². The Balaban J connectivity index is 1.21. The van der Waals surface area contributed by atoms with Crippen molar-refractivity contribution in [2.75, 3.05) is 33.2 Å². The molecule has 5 rings (SSSR count). The highest BCUT2D eigenvalue weighted by molar-refractivity contribution is 5.83. The Morgan fingerprint density at radius 2 is 2.00 bits per heavy atom. The molecule has 1 amide bonds. The number of aromatic nitrogens is 2. The van der Waals surface area contributed by atoms with Crippen molar-refractivity contribution in [2.45, 2.75) is 49.5 Å². The molecule has 0 bridgehead atoms. The second kappa shape index (κ2) is 9.14. The maximum absolute atomic E-state index is 13.3. The zero-order valence-electron chi connectivity index (χ0n) is 19.0. The largest absolute Gasteiger partial charge is 0.472 e. The minimum Gasteiger partial charge on any atom is -0.472 e. The number of nitrogens with zero attached hydrogens (tertiary/aromatic N) is 4. The molecule has 2 saturated heterocycles. The highest BCUT2D eigenvalue weighted by Crippen LogP contribution is 2.38. The molecule has 34 heavy (non-hydrogen) atoms. The van der Waals surface area contributed by atoms with E-state index in [9.17, 15) is 18.0 Å². The number of rotatable bonds is 6. The molecule has 3 fully saturated rings. The van der Waals surface area contributed by atoms with Gasteiger partial charge in [0.1, 0.15) is 12.1 Å². The maximum Gasteiger partial charge on any atom is 0.416 e. The Labute approximate surface area is 196 Å². The summed E-state index contributed by atoms with van der Waals surface area (Å²) in [4.78, 5) is 26.2. The molecule has 0 unspecified atom stereocenters. The number of halogens is 3. The molecule has 1 N–H and O–H groups in total. The lowest BCUT2D eigenvalue weighted by molar-refractivity contribution is -0.138. The molecule has 182 valence electrons. The number of carbonyl (C=O) groups excluding carboxylic acids is 1. The number of likely N-dealkylation sites (N-methyl/N-ethyl adjacent to an activating group) is 1. The van der Waals surface area contributed by atoms with Crippen LogP contribution >= 0.6 is 0 Å². The molecule has 3 aliphatic rings. The molecular weight excluding hydrogens is 447 g/mol. The average Bonchev–Trinajstić information content (AvgIpc) is 3.59. The van der Waals surface area contributed by atoms with E-state index in [1.807, 2.05) is 0 Å². The first-order valence-electron chi connectivity index (χ1n) is 11.7. The molecule has 0 spiro atoms. The van der Waals surface area contributed by atoms with Gasteiger partial charge in [0, 0.05) is 44.6 Å². The summed E-state index contributed by atoms with van der Waals surface area (Å²) in [5.74, 6) is 0.845. The summed E-state index contributed by atoms with van der Waals surface area (Å²) in [7, 11) is 1.59. The quantitative estimate of drug-likeness (QED) is 0.693. The SMILES string of the molecule is CN[C@H](C(=O)N1CCN2C[C@H](Oc3cnc(C4CC4)cn3)C[C@H]2C1)c1cccc(C(F)(F)F)c1. The van der Waals surface area contributed by atoms with Crippen LogP contribution in [0.5, 0.6) is 5.88 Å². The van der Waals surface area contributed by atoms with E-state index in [-0.39, 0.29) is 18.1 Å². The third kappa shape index (κ3) is 4.88. The standard InChI is InChI=1S/C24H28F3N5O2/c1-28-22(16-3-2-4-17(9-16)24(25,26)27)23(33)32-8-7-31-14-19(10-18(31)13-32)34-21-12-29-20(11-30-21)15-5-6-15/h2-4,9,11-12,15,18-19,22,28H,5-8,10,13-14H2,1H3/t18-,19+,22-/m0/s1. The molecule has 1 saturated carbocycles. The number of amides is 1. The number of nitrogens with one attached hydrogen (secondary N) is 1. The van der Waals surface area contributed by atoms with E-state index in [4.69, 9.17) is 4.74 Å². The van der Waals surface area contributed by atoms with Crippen LogP contribution in [0.3, 0.4) is 0 Å². The van der Waals surface area contributed by atoms with Gasteiger partial charge in [-0.05, 0) is 37.6 Å². The monoisotopic (exact) mass is 475 g/mol. The fourth-order valence-electron chi connectivity index (χ4n) is 4.94. The van der Waals surface area contributed by atoms with E-state index in [1.165, 1.54) is 18.9 Å². The lowest BCUT2D eigenvalue weighted by atomic mass is 10.0. The summed E-state index contributed by atoms with van der Waals surface area (Å²) in [6.45, 7) is 2.49. The number of piperazine rings is 1. The first kappa shape index (κ1) is 23.0. The number of benzene rings is 1. The predicted octanol–water partition coefficient (Wildman–Crippen LogP) is 3.00. The van der Waals surface area contributed by atoms with Gasteiger partial charge in [0.05, 0.1) is 23.7 Å². The molecule has 1 aromatic heterocycles. The Morgan fingerprint density at radius 1 is 1.18 bits per heavy atom. The Kier molecular flexibility index (Phi) is 6.20. The summed E-state index contributed by atoms with van der Waals surface area (Å²) < 4.78 is 45.5. The van der Waals surface area contributed by atoms with Crippen LogP contribution < -0.4 is 10.1 Å². The van der Waals surface area contributed by atoms with Crippen LogP contribution in [0.2, 0.25) is 0 Å². The van der Waals surface area contributed by atoms with Crippen molar-refractivity contribution < 1.29 is 22.7 Å². The first-order chi connectivity index (χ1) is 16.3. The molecule has 7 nitrogen and oxygen atoms in total. The lowest BCUT2D eigenvalue weighted by Gasteiger charge is -2.38. The van der Waals surface area contributed by atoms with Crippen LogP contribution in [0.15, 0.2) is 36.7 Å². The zero-order chi connectivity index (χ0) is 23.9. The van der Waals surface area contributed by atoms with E-state index < -0.39 is 17.8 Å². The van der Waals surface area contributed by atoms with Crippen LogP contribution in [0, 0.1) is 0 Å². The van der Waals surface area contributed by atoms with Gasteiger partial charge in [0.2, 0.25) is 11.8 Å². The number of ether oxygens (including phenoxy) is 1. The third-order valence-electron chi connectivity index (χ3n) is 6.90. The molecule has 1 aromatic carbocycles. The smallest absolute Gasteiger partial charge is 0.416 e. The van der Waals surface area contributed by atoms with Crippen molar-refractivity contribution in [2.24, 2.45) is 0 Å². The molecule has 0 radical (unpaired) electrons.